The van der Waals surface area contributed by atoms with Gasteiger partial charge in [-0.2, -0.15) is 0 Å². The summed E-state index contributed by atoms with van der Waals surface area (Å²) in [6.07, 6.45) is 1.78. The molecule has 0 atom stereocenters. The van der Waals surface area contributed by atoms with E-state index in [0.717, 1.165) is 18.7 Å². The number of rotatable bonds is 5. The Kier molecular flexibility index (Phi) is 4.16. The van der Waals surface area contributed by atoms with Crippen LogP contribution < -0.4 is 15.0 Å². The molecule has 26 heavy (non-hydrogen) atoms. The fourth-order valence-electron chi connectivity index (χ4n) is 3.16. The van der Waals surface area contributed by atoms with E-state index in [-0.39, 0.29) is 17.9 Å². The lowest BCUT2D eigenvalue weighted by molar-refractivity contribution is 0.0921. The first kappa shape index (κ1) is 16.3. The summed E-state index contributed by atoms with van der Waals surface area (Å²) in [5.41, 5.74) is 1.16. The third kappa shape index (κ3) is 2.94. The molecule has 1 aliphatic heterocycles. The maximum atomic E-state index is 12.6. The summed E-state index contributed by atoms with van der Waals surface area (Å²) in [5, 5.41) is 0.519. The van der Waals surface area contributed by atoms with Crippen molar-refractivity contribution in [3.63, 3.8) is 0 Å². The Balaban J connectivity index is 1.54. The first-order chi connectivity index (χ1) is 12.7. The van der Waals surface area contributed by atoms with Crippen molar-refractivity contribution in [1.82, 2.24) is 9.55 Å². The molecule has 4 rings (SSSR count). The number of methoxy groups -OCH3 is 1. The predicted octanol–water partition coefficient (Wildman–Crippen LogP) is 2.61. The highest BCUT2D eigenvalue weighted by Crippen LogP contribution is 2.20. The molecule has 1 aromatic heterocycles. The quantitative estimate of drug-likeness (QED) is 0.662. The van der Waals surface area contributed by atoms with E-state index in [2.05, 4.69) is 4.98 Å². The predicted molar refractivity (Wildman–Crippen MR) is 97.1 cm³/mol. The number of ketones is 1. The summed E-state index contributed by atoms with van der Waals surface area (Å²) < 4.78 is 12.4. The Morgan fingerprint density at radius 2 is 1.92 bits per heavy atom. The number of carbonyl (C=O) groups is 1. The number of carbonyl (C=O) groups excluding carboxylic acids is 1. The number of benzene rings is 2. The minimum atomic E-state index is -0.142. The monoisotopic (exact) mass is 350 g/mol. The smallest absolute Gasteiger partial charge is 0.261 e. The SMILES string of the molecule is COc1ccc(C(=O)COc2ccc3nc4n(c(=O)c3c2)CCC4)cc1. The molecule has 0 bridgehead atoms. The van der Waals surface area contributed by atoms with Crippen LogP contribution in [0.1, 0.15) is 22.6 Å². The van der Waals surface area contributed by atoms with Gasteiger partial charge in [-0.05, 0) is 48.9 Å². The molecular weight excluding hydrogens is 332 g/mol. The van der Waals surface area contributed by atoms with Crippen molar-refractivity contribution in [1.29, 1.82) is 0 Å². The number of hydrogen-bond donors (Lipinski definition) is 0. The third-order valence-electron chi connectivity index (χ3n) is 4.57. The molecule has 3 aromatic rings. The Bertz CT molecular complexity index is 1040. The van der Waals surface area contributed by atoms with Gasteiger partial charge in [0, 0.05) is 18.5 Å². The number of nitrogens with zero attached hydrogens (tertiary/aromatic N) is 2. The van der Waals surface area contributed by atoms with Crippen molar-refractivity contribution in [3.05, 3.63) is 64.2 Å². The molecule has 0 radical (unpaired) electrons. The first-order valence-electron chi connectivity index (χ1n) is 8.49. The molecular formula is C20H18N2O4. The molecule has 6 heteroatoms. The molecule has 0 aliphatic carbocycles. The maximum absolute atomic E-state index is 12.6. The molecule has 2 aromatic carbocycles. The van der Waals surface area contributed by atoms with E-state index in [0.29, 0.717) is 34.5 Å². The zero-order valence-electron chi connectivity index (χ0n) is 14.4. The normalized spacial score (nSPS) is 12.8. The van der Waals surface area contributed by atoms with E-state index in [1.165, 1.54) is 0 Å². The Labute approximate surface area is 150 Å². The van der Waals surface area contributed by atoms with Gasteiger partial charge in [0.1, 0.15) is 17.3 Å². The highest BCUT2D eigenvalue weighted by Gasteiger charge is 2.16. The van der Waals surface area contributed by atoms with Gasteiger partial charge in [0.05, 0.1) is 18.0 Å². The van der Waals surface area contributed by atoms with Gasteiger partial charge in [0.15, 0.2) is 12.4 Å². The number of Topliss-reactive ketones (excluding diaryl/α,β-unsaturated/α-hetero) is 1. The van der Waals surface area contributed by atoms with E-state index < -0.39 is 0 Å². The average molecular weight is 350 g/mol. The maximum Gasteiger partial charge on any atom is 0.261 e. The number of ether oxygens (including phenoxy) is 2. The van der Waals surface area contributed by atoms with Crippen LogP contribution in [0.5, 0.6) is 11.5 Å². The number of aromatic nitrogens is 2. The van der Waals surface area contributed by atoms with Gasteiger partial charge in [0.2, 0.25) is 0 Å². The minimum absolute atomic E-state index is 0.0468. The molecule has 0 N–H and O–H groups in total. The first-order valence-corrected chi connectivity index (χ1v) is 8.49. The molecule has 1 aliphatic rings. The Hall–Kier alpha value is -3.15. The fourth-order valence-corrected chi connectivity index (χ4v) is 3.16. The highest BCUT2D eigenvalue weighted by molar-refractivity contribution is 5.97. The summed E-state index contributed by atoms with van der Waals surface area (Å²) in [4.78, 5) is 29.4. The summed E-state index contributed by atoms with van der Waals surface area (Å²) in [5.74, 6) is 1.87. The fraction of sp³-hybridized carbons (Fsp3) is 0.250. The van der Waals surface area contributed by atoms with Gasteiger partial charge >= 0.3 is 0 Å². The van der Waals surface area contributed by atoms with Crippen LogP contribution in [0.4, 0.5) is 0 Å². The standard InChI is InChI=1S/C20H18N2O4/c1-25-14-6-4-13(5-7-14)18(23)12-26-15-8-9-17-16(11-15)20(24)22-10-2-3-19(22)21-17/h4-9,11H,2-3,10,12H2,1H3. The van der Waals surface area contributed by atoms with Crippen molar-refractivity contribution >= 4 is 16.7 Å². The van der Waals surface area contributed by atoms with Crippen LogP contribution in [0, 0.1) is 0 Å². The largest absolute Gasteiger partial charge is 0.497 e. The number of aryl methyl sites for hydroxylation is 1. The van der Waals surface area contributed by atoms with E-state index >= 15 is 0 Å². The molecule has 0 amide bonds. The lowest BCUT2D eigenvalue weighted by Crippen LogP contribution is -2.21. The lowest BCUT2D eigenvalue weighted by atomic mass is 10.1. The average Bonchev–Trinajstić information content (AvgIpc) is 3.15. The van der Waals surface area contributed by atoms with E-state index in [9.17, 15) is 9.59 Å². The van der Waals surface area contributed by atoms with Gasteiger partial charge in [-0.25, -0.2) is 4.98 Å². The molecule has 6 nitrogen and oxygen atoms in total. The van der Waals surface area contributed by atoms with Crippen LogP contribution in [0.25, 0.3) is 10.9 Å². The second-order valence-corrected chi connectivity index (χ2v) is 6.21. The minimum Gasteiger partial charge on any atom is -0.497 e. The van der Waals surface area contributed by atoms with Crippen molar-refractivity contribution in [2.75, 3.05) is 13.7 Å². The Morgan fingerprint density at radius 3 is 2.69 bits per heavy atom. The van der Waals surface area contributed by atoms with Gasteiger partial charge in [-0.15, -0.1) is 0 Å². The highest BCUT2D eigenvalue weighted by atomic mass is 16.5. The molecule has 132 valence electrons. The molecule has 0 saturated heterocycles. The topological polar surface area (TPSA) is 70.4 Å². The van der Waals surface area contributed by atoms with Gasteiger partial charge in [0.25, 0.3) is 5.56 Å². The van der Waals surface area contributed by atoms with Crippen molar-refractivity contribution in [3.8, 4) is 11.5 Å². The molecule has 2 heterocycles. The van der Waals surface area contributed by atoms with Crippen LogP contribution >= 0.6 is 0 Å². The van der Waals surface area contributed by atoms with E-state index in [1.54, 1.807) is 54.1 Å². The van der Waals surface area contributed by atoms with Crippen molar-refractivity contribution in [2.24, 2.45) is 0 Å². The van der Waals surface area contributed by atoms with Crippen LogP contribution in [0.3, 0.4) is 0 Å². The zero-order valence-corrected chi connectivity index (χ0v) is 14.4. The molecule has 0 spiro atoms. The van der Waals surface area contributed by atoms with Crippen molar-refractivity contribution in [2.45, 2.75) is 19.4 Å². The zero-order chi connectivity index (χ0) is 18.1. The molecule has 0 fully saturated rings. The van der Waals surface area contributed by atoms with Gasteiger partial charge in [-0.1, -0.05) is 0 Å². The van der Waals surface area contributed by atoms with Crippen LogP contribution in [-0.2, 0) is 13.0 Å². The van der Waals surface area contributed by atoms with Gasteiger partial charge < -0.3 is 9.47 Å². The summed E-state index contributed by atoms with van der Waals surface area (Å²) in [6, 6.07) is 12.0. The molecule has 0 unspecified atom stereocenters. The summed E-state index contributed by atoms with van der Waals surface area (Å²) in [7, 11) is 1.58. The lowest BCUT2D eigenvalue weighted by Gasteiger charge is -2.09. The summed E-state index contributed by atoms with van der Waals surface area (Å²) in [6.45, 7) is 0.607. The Morgan fingerprint density at radius 1 is 1.15 bits per heavy atom. The number of fused-ring (bicyclic) bond motifs is 2. The summed E-state index contributed by atoms with van der Waals surface area (Å²) >= 11 is 0. The van der Waals surface area contributed by atoms with E-state index in [4.69, 9.17) is 9.47 Å². The molecule has 0 saturated carbocycles. The van der Waals surface area contributed by atoms with Gasteiger partial charge in [-0.3, -0.25) is 14.2 Å². The van der Waals surface area contributed by atoms with Crippen LogP contribution in [0.15, 0.2) is 47.3 Å². The number of hydrogen-bond acceptors (Lipinski definition) is 5. The van der Waals surface area contributed by atoms with Crippen molar-refractivity contribution < 1.29 is 14.3 Å². The van der Waals surface area contributed by atoms with E-state index in [1.807, 2.05) is 0 Å². The third-order valence-corrected chi connectivity index (χ3v) is 4.57. The van der Waals surface area contributed by atoms with Crippen LogP contribution in [-0.4, -0.2) is 29.1 Å². The second kappa shape index (κ2) is 6.63. The second-order valence-electron chi connectivity index (χ2n) is 6.21. The van der Waals surface area contributed by atoms with Crippen LogP contribution in [0.2, 0.25) is 0 Å².